The van der Waals surface area contributed by atoms with E-state index in [-0.39, 0.29) is 18.5 Å². The summed E-state index contributed by atoms with van der Waals surface area (Å²) in [6.07, 6.45) is 5.09. The molecule has 1 N–H and O–H groups in total. The number of amides is 2. The van der Waals surface area contributed by atoms with E-state index in [1.165, 1.54) is 12.0 Å². The Balaban J connectivity index is 1.86. The molecule has 2 amide bonds. The number of ether oxygens (including phenoxy) is 1. The molecule has 2 aromatic carbocycles. The summed E-state index contributed by atoms with van der Waals surface area (Å²) in [6.45, 7) is 3.44. The first-order chi connectivity index (χ1) is 16.6. The Bertz CT molecular complexity index is 1110. The summed E-state index contributed by atoms with van der Waals surface area (Å²) < 4.78 is 31.4. The molecule has 0 aromatic heterocycles. The van der Waals surface area contributed by atoms with Crippen molar-refractivity contribution in [3.8, 4) is 5.75 Å². The summed E-state index contributed by atoms with van der Waals surface area (Å²) in [4.78, 5) is 28.1. The van der Waals surface area contributed by atoms with Gasteiger partial charge in [0.1, 0.15) is 18.3 Å². The molecule has 190 valence electrons. The number of rotatable bonds is 10. The molecule has 0 spiro atoms. The second-order valence-corrected chi connectivity index (χ2v) is 11.0. The molecule has 9 heteroatoms. The van der Waals surface area contributed by atoms with Crippen LogP contribution in [-0.4, -0.2) is 57.1 Å². The normalized spacial score (nSPS) is 14.9. The highest BCUT2D eigenvalue weighted by atomic mass is 32.2. The zero-order valence-corrected chi connectivity index (χ0v) is 21.7. The fraction of sp³-hybridized carbons (Fsp3) is 0.462. The lowest BCUT2D eigenvalue weighted by Gasteiger charge is -2.32. The van der Waals surface area contributed by atoms with Gasteiger partial charge in [0, 0.05) is 12.6 Å². The molecule has 8 nitrogen and oxygen atoms in total. The smallest absolute Gasteiger partial charge is 0.244 e. The van der Waals surface area contributed by atoms with E-state index in [9.17, 15) is 18.0 Å². The Labute approximate surface area is 208 Å². The van der Waals surface area contributed by atoms with Crippen LogP contribution in [0.1, 0.15) is 43.7 Å². The number of benzene rings is 2. The van der Waals surface area contributed by atoms with Crippen molar-refractivity contribution in [2.24, 2.45) is 0 Å². The molecule has 0 aliphatic heterocycles. The van der Waals surface area contributed by atoms with Gasteiger partial charge in [-0.25, -0.2) is 8.42 Å². The molecule has 1 atom stereocenters. The van der Waals surface area contributed by atoms with E-state index in [0.29, 0.717) is 11.4 Å². The number of methoxy groups -OCH3 is 1. The van der Waals surface area contributed by atoms with Crippen LogP contribution in [0, 0.1) is 6.92 Å². The summed E-state index contributed by atoms with van der Waals surface area (Å²) in [5.41, 5.74) is 2.29. The van der Waals surface area contributed by atoms with Gasteiger partial charge in [-0.3, -0.25) is 13.9 Å². The number of anilines is 1. The number of nitrogens with zero attached hydrogens (tertiary/aromatic N) is 2. The Hall–Kier alpha value is -3.07. The Morgan fingerprint density at radius 1 is 1.06 bits per heavy atom. The zero-order chi connectivity index (χ0) is 25.6. The van der Waals surface area contributed by atoms with Crippen LogP contribution in [0.2, 0.25) is 0 Å². The topological polar surface area (TPSA) is 96.0 Å². The van der Waals surface area contributed by atoms with Crippen molar-refractivity contribution in [2.75, 3.05) is 24.2 Å². The van der Waals surface area contributed by atoms with E-state index in [2.05, 4.69) is 5.32 Å². The lowest BCUT2D eigenvalue weighted by atomic mass is 10.1. The van der Waals surface area contributed by atoms with Crippen molar-refractivity contribution in [1.82, 2.24) is 10.2 Å². The molecule has 0 heterocycles. The monoisotopic (exact) mass is 501 g/mol. The molecule has 1 saturated carbocycles. The summed E-state index contributed by atoms with van der Waals surface area (Å²) in [6, 6.07) is 13.5. The van der Waals surface area contributed by atoms with Gasteiger partial charge < -0.3 is 15.0 Å². The Morgan fingerprint density at radius 3 is 2.20 bits per heavy atom. The second-order valence-electron chi connectivity index (χ2n) is 9.14. The molecule has 1 fully saturated rings. The van der Waals surface area contributed by atoms with Crippen LogP contribution in [-0.2, 0) is 26.2 Å². The fourth-order valence-corrected chi connectivity index (χ4v) is 5.08. The maximum Gasteiger partial charge on any atom is 0.244 e. The van der Waals surface area contributed by atoms with Crippen LogP contribution < -0.4 is 14.4 Å². The molecule has 0 unspecified atom stereocenters. The third-order valence-corrected chi connectivity index (χ3v) is 7.52. The summed E-state index contributed by atoms with van der Waals surface area (Å²) in [5, 5.41) is 3.06. The average Bonchev–Trinajstić information content (AvgIpc) is 3.34. The van der Waals surface area contributed by atoms with Crippen LogP contribution >= 0.6 is 0 Å². The van der Waals surface area contributed by atoms with Crippen molar-refractivity contribution < 1.29 is 22.7 Å². The summed E-state index contributed by atoms with van der Waals surface area (Å²) >= 11 is 0. The lowest BCUT2D eigenvalue weighted by Crippen LogP contribution is -2.52. The minimum absolute atomic E-state index is 0.119. The Kier molecular flexibility index (Phi) is 8.77. The van der Waals surface area contributed by atoms with Crippen molar-refractivity contribution >= 4 is 27.5 Å². The standard InChI is InChI=1S/C26H35N3O5S/c1-19-9-11-21(12-10-19)17-28(20(2)26(31)27-22-7-5-6-8-22)25(30)18-29(35(4,32)33)23-13-15-24(34-3)16-14-23/h9-16,20,22H,5-8,17-18H2,1-4H3,(H,27,31)/t20-/m0/s1. The second kappa shape index (κ2) is 11.6. The van der Waals surface area contributed by atoms with Crippen molar-refractivity contribution in [2.45, 2.75) is 58.2 Å². The Morgan fingerprint density at radius 2 is 1.66 bits per heavy atom. The number of nitrogens with one attached hydrogen (secondary N) is 1. The molecule has 3 rings (SSSR count). The molecule has 0 bridgehead atoms. The van der Waals surface area contributed by atoms with Crippen LogP contribution in [0.4, 0.5) is 5.69 Å². The van der Waals surface area contributed by atoms with E-state index in [0.717, 1.165) is 47.4 Å². The first-order valence-electron chi connectivity index (χ1n) is 11.9. The van der Waals surface area contributed by atoms with Crippen molar-refractivity contribution in [3.05, 3.63) is 59.7 Å². The predicted molar refractivity (Wildman–Crippen MR) is 137 cm³/mol. The molecule has 35 heavy (non-hydrogen) atoms. The largest absolute Gasteiger partial charge is 0.497 e. The van der Waals surface area contributed by atoms with Gasteiger partial charge >= 0.3 is 0 Å². The third kappa shape index (κ3) is 7.21. The van der Waals surface area contributed by atoms with Gasteiger partial charge in [0.05, 0.1) is 19.1 Å². The number of hydrogen-bond acceptors (Lipinski definition) is 5. The van der Waals surface area contributed by atoms with Gasteiger partial charge in [0.15, 0.2) is 0 Å². The quantitative estimate of drug-likeness (QED) is 0.539. The van der Waals surface area contributed by atoms with Gasteiger partial charge in [0.2, 0.25) is 21.8 Å². The van der Waals surface area contributed by atoms with Gasteiger partial charge in [0.25, 0.3) is 0 Å². The van der Waals surface area contributed by atoms with Crippen LogP contribution in [0.5, 0.6) is 5.75 Å². The SMILES string of the molecule is COc1ccc(N(CC(=O)N(Cc2ccc(C)cc2)[C@@H](C)C(=O)NC2CCCC2)S(C)(=O)=O)cc1. The van der Waals surface area contributed by atoms with Crippen molar-refractivity contribution in [3.63, 3.8) is 0 Å². The average molecular weight is 502 g/mol. The van der Waals surface area contributed by atoms with E-state index < -0.39 is 28.5 Å². The van der Waals surface area contributed by atoms with Gasteiger partial charge in [-0.2, -0.15) is 0 Å². The van der Waals surface area contributed by atoms with Crippen LogP contribution in [0.3, 0.4) is 0 Å². The maximum atomic E-state index is 13.6. The van der Waals surface area contributed by atoms with E-state index in [4.69, 9.17) is 4.74 Å². The van der Waals surface area contributed by atoms with E-state index in [1.807, 2.05) is 31.2 Å². The zero-order valence-electron chi connectivity index (χ0n) is 20.9. The first kappa shape index (κ1) is 26.5. The number of sulfonamides is 1. The van der Waals surface area contributed by atoms with Crippen LogP contribution in [0.25, 0.3) is 0 Å². The highest BCUT2D eigenvalue weighted by molar-refractivity contribution is 7.92. The van der Waals surface area contributed by atoms with Gasteiger partial charge in [-0.1, -0.05) is 42.7 Å². The molecular weight excluding hydrogens is 466 g/mol. The molecular formula is C26H35N3O5S. The van der Waals surface area contributed by atoms with E-state index in [1.54, 1.807) is 31.2 Å². The highest BCUT2D eigenvalue weighted by Gasteiger charge is 2.31. The van der Waals surface area contributed by atoms with Gasteiger partial charge in [-0.05, 0) is 56.5 Å². The van der Waals surface area contributed by atoms with E-state index >= 15 is 0 Å². The molecule has 1 aliphatic carbocycles. The summed E-state index contributed by atoms with van der Waals surface area (Å²) in [7, 11) is -2.24. The number of hydrogen-bond donors (Lipinski definition) is 1. The molecule has 0 radical (unpaired) electrons. The molecule has 2 aromatic rings. The lowest BCUT2D eigenvalue weighted by molar-refractivity contribution is -0.139. The fourth-order valence-electron chi connectivity index (χ4n) is 4.23. The van der Waals surface area contributed by atoms with Gasteiger partial charge in [-0.15, -0.1) is 0 Å². The summed E-state index contributed by atoms with van der Waals surface area (Å²) in [5.74, 6) is -0.111. The maximum absolute atomic E-state index is 13.6. The molecule has 1 aliphatic rings. The third-order valence-electron chi connectivity index (χ3n) is 6.38. The number of carbonyl (C=O) groups excluding carboxylic acids is 2. The minimum Gasteiger partial charge on any atom is -0.497 e. The number of carbonyl (C=O) groups is 2. The highest BCUT2D eigenvalue weighted by Crippen LogP contribution is 2.23. The number of aryl methyl sites for hydroxylation is 1. The minimum atomic E-state index is -3.76. The molecule has 0 saturated heterocycles. The van der Waals surface area contributed by atoms with Crippen molar-refractivity contribution in [1.29, 1.82) is 0 Å². The predicted octanol–water partition coefficient (Wildman–Crippen LogP) is 3.25. The van der Waals surface area contributed by atoms with Crippen LogP contribution in [0.15, 0.2) is 48.5 Å². The first-order valence-corrected chi connectivity index (χ1v) is 13.7.